The van der Waals surface area contributed by atoms with Crippen molar-refractivity contribution >= 4 is 16.9 Å². The lowest BCUT2D eigenvalue weighted by atomic mass is 10.1. The predicted molar refractivity (Wildman–Crippen MR) is 72.3 cm³/mol. The van der Waals surface area contributed by atoms with Crippen LogP contribution in [0.25, 0.3) is 11.0 Å². The largest absolute Gasteiger partial charge is 0.351 e. The number of amides is 1. The van der Waals surface area contributed by atoms with Crippen molar-refractivity contribution in [1.29, 1.82) is 0 Å². The highest BCUT2D eigenvalue weighted by molar-refractivity contribution is 5.81. The Labute approximate surface area is 107 Å². The molecule has 4 heteroatoms. The van der Waals surface area contributed by atoms with Gasteiger partial charge in [-0.05, 0) is 32.9 Å². The third-order valence-corrected chi connectivity index (χ3v) is 2.71. The summed E-state index contributed by atoms with van der Waals surface area (Å²) in [6.07, 6.45) is 0.308. The van der Waals surface area contributed by atoms with Crippen molar-refractivity contribution in [2.75, 3.05) is 0 Å². The third-order valence-electron chi connectivity index (χ3n) is 2.71. The molecule has 1 N–H and O–H groups in total. The van der Waals surface area contributed by atoms with E-state index in [4.69, 9.17) is 0 Å². The van der Waals surface area contributed by atoms with Crippen LogP contribution in [0.2, 0.25) is 0 Å². The summed E-state index contributed by atoms with van der Waals surface area (Å²) in [5.74, 6) is 0.791. The van der Waals surface area contributed by atoms with Crippen molar-refractivity contribution in [1.82, 2.24) is 14.9 Å². The molecule has 1 aromatic carbocycles. The molecular formula is C14H19N3O. The molecule has 0 aliphatic heterocycles. The number of aromatic nitrogens is 2. The van der Waals surface area contributed by atoms with Gasteiger partial charge in [0, 0.05) is 12.6 Å². The van der Waals surface area contributed by atoms with Gasteiger partial charge in [-0.2, -0.15) is 0 Å². The number of hydrogen-bond acceptors (Lipinski definition) is 2. The molecule has 0 saturated heterocycles. The molecule has 1 aromatic heterocycles. The second kappa shape index (κ2) is 4.44. The summed E-state index contributed by atoms with van der Waals surface area (Å²) >= 11 is 0. The summed E-state index contributed by atoms with van der Waals surface area (Å²) in [5.41, 5.74) is 1.77. The molecule has 0 bridgehead atoms. The lowest BCUT2D eigenvalue weighted by molar-refractivity contribution is -0.121. The molecule has 4 nitrogen and oxygen atoms in total. The molecule has 1 heterocycles. The minimum absolute atomic E-state index is 0.000839. The number of fused-ring (bicyclic) bond motifs is 1. The molecule has 2 rings (SSSR count). The maximum absolute atomic E-state index is 11.9. The van der Waals surface area contributed by atoms with Crippen LogP contribution in [0.5, 0.6) is 0 Å². The summed E-state index contributed by atoms with van der Waals surface area (Å²) in [6.45, 7) is 5.92. The molecule has 18 heavy (non-hydrogen) atoms. The molecule has 0 aliphatic rings. The quantitative estimate of drug-likeness (QED) is 0.880. The van der Waals surface area contributed by atoms with E-state index in [0.717, 1.165) is 16.9 Å². The van der Waals surface area contributed by atoms with Crippen LogP contribution in [0, 0.1) is 0 Å². The number of carbonyl (C=O) groups is 1. The Morgan fingerprint density at radius 1 is 1.33 bits per heavy atom. The van der Waals surface area contributed by atoms with Crippen LogP contribution in [-0.4, -0.2) is 21.0 Å². The fraction of sp³-hybridized carbons (Fsp3) is 0.429. The van der Waals surface area contributed by atoms with E-state index in [0.29, 0.717) is 6.42 Å². The van der Waals surface area contributed by atoms with Gasteiger partial charge in [0.15, 0.2) is 0 Å². The van der Waals surface area contributed by atoms with Gasteiger partial charge in [0.05, 0.1) is 17.5 Å². The summed E-state index contributed by atoms with van der Waals surface area (Å²) < 4.78 is 1.97. The number of para-hydroxylation sites is 2. The van der Waals surface area contributed by atoms with Crippen LogP contribution in [-0.2, 0) is 18.3 Å². The number of nitrogens with zero attached hydrogens (tertiary/aromatic N) is 2. The number of carbonyl (C=O) groups excluding carboxylic acids is 1. The van der Waals surface area contributed by atoms with Crippen LogP contribution in [0.1, 0.15) is 26.6 Å². The Morgan fingerprint density at radius 3 is 2.61 bits per heavy atom. The Morgan fingerprint density at radius 2 is 2.00 bits per heavy atom. The van der Waals surface area contributed by atoms with Crippen molar-refractivity contribution in [2.45, 2.75) is 32.7 Å². The molecule has 0 spiro atoms. The lowest BCUT2D eigenvalue weighted by Gasteiger charge is -2.20. The smallest absolute Gasteiger partial charge is 0.227 e. The van der Waals surface area contributed by atoms with E-state index in [-0.39, 0.29) is 11.4 Å². The lowest BCUT2D eigenvalue weighted by Crippen LogP contribution is -2.41. The molecule has 2 aromatic rings. The zero-order chi connectivity index (χ0) is 13.3. The van der Waals surface area contributed by atoms with Crippen LogP contribution in [0.3, 0.4) is 0 Å². The Bertz CT molecular complexity index is 578. The molecule has 0 saturated carbocycles. The van der Waals surface area contributed by atoms with Gasteiger partial charge in [-0.25, -0.2) is 4.98 Å². The average molecular weight is 245 g/mol. The Kier molecular flexibility index (Phi) is 3.11. The van der Waals surface area contributed by atoms with Crippen LogP contribution >= 0.6 is 0 Å². The zero-order valence-corrected chi connectivity index (χ0v) is 11.3. The van der Waals surface area contributed by atoms with E-state index in [9.17, 15) is 4.79 Å². The third kappa shape index (κ3) is 2.70. The molecule has 0 radical (unpaired) electrons. The van der Waals surface area contributed by atoms with Gasteiger partial charge < -0.3 is 9.88 Å². The Hall–Kier alpha value is -1.84. The maximum atomic E-state index is 11.9. The second-order valence-corrected chi connectivity index (χ2v) is 5.55. The van der Waals surface area contributed by atoms with Crippen molar-refractivity contribution in [3.8, 4) is 0 Å². The van der Waals surface area contributed by atoms with Gasteiger partial charge in [-0.15, -0.1) is 0 Å². The second-order valence-electron chi connectivity index (χ2n) is 5.55. The van der Waals surface area contributed by atoms with Gasteiger partial charge in [-0.1, -0.05) is 12.1 Å². The normalized spacial score (nSPS) is 11.8. The monoisotopic (exact) mass is 245 g/mol. The van der Waals surface area contributed by atoms with Crippen molar-refractivity contribution in [2.24, 2.45) is 7.05 Å². The fourth-order valence-electron chi connectivity index (χ4n) is 1.96. The number of nitrogens with one attached hydrogen (secondary N) is 1. The summed E-state index contributed by atoms with van der Waals surface area (Å²) in [5, 5.41) is 2.95. The molecule has 0 atom stereocenters. The van der Waals surface area contributed by atoms with Gasteiger partial charge >= 0.3 is 0 Å². The number of aryl methyl sites for hydroxylation is 1. The predicted octanol–water partition coefficient (Wildman–Crippen LogP) is 2.03. The van der Waals surface area contributed by atoms with Crippen molar-refractivity contribution in [3.63, 3.8) is 0 Å². The van der Waals surface area contributed by atoms with Gasteiger partial charge in [0.1, 0.15) is 5.82 Å². The molecule has 0 fully saturated rings. The molecule has 0 unspecified atom stereocenters. The van der Waals surface area contributed by atoms with E-state index in [1.165, 1.54) is 0 Å². The topological polar surface area (TPSA) is 46.9 Å². The minimum Gasteiger partial charge on any atom is -0.351 e. The number of imidazole rings is 1. The first-order valence-electron chi connectivity index (χ1n) is 6.08. The van der Waals surface area contributed by atoms with Gasteiger partial charge in [0.2, 0.25) is 5.91 Å². The first-order valence-corrected chi connectivity index (χ1v) is 6.08. The number of benzene rings is 1. The first kappa shape index (κ1) is 12.6. The SMILES string of the molecule is Cn1c(CC(=O)NC(C)(C)C)nc2ccccc21. The fourth-order valence-corrected chi connectivity index (χ4v) is 1.96. The minimum atomic E-state index is -0.207. The molecule has 0 aliphatic carbocycles. The number of hydrogen-bond donors (Lipinski definition) is 1. The van der Waals surface area contributed by atoms with Crippen LogP contribution in [0.15, 0.2) is 24.3 Å². The highest BCUT2D eigenvalue weighted by Crippen LogP contribution is 2.14. The van der Waals surface area contributed by atoms with E-state index in [1.807, 2.05) is 56.7 Å². The summed E-state index contributed by atoms with van der Waals surface area (Å²) in [6, 6.07) is 7.89. The van der Waals surface area contributed by atoms with Crippen molar-refractivity contribution in [3.05, 3.63) is 30.1 Å². The molecular weight excluding hydrogens is 226 g/mol. The van der Waals surface area contributed by atoms with E-state index >= 15 is 0 Å². The van der Waals surface area contributed by atoms with Gasteiger partial charge in [0.25, 0.3) is 0 Å². The van der Waals surface area contributed by atoms with Crippen LogP contribution < -0.4 is 5.32 Å². The van der Waals surface area contributed by atoms with E-state index in [2.05, 4.69) is 10.3 Å². The molecule has 1 amide bonds. The van der Waals surface area contributed by atoms with E-state index in [1.54, 1.807) is 0 Å². The van der Waals surface area contributed by atoms with Gasteiger partial charge in [-0.3, -0.25) is 4.79 Å². The Balaban J connectivity index is 2.22. The summed E-state index contributed by atoms with van der Waals surface area (Å²) in [4.78, 5) is 16.4. The highest BCUT2D eigenvalue weighted by Gasteiger charge is 2.16. The first-order chi connectivity index (χ1) is 8.37. The highest BCUT2D eigenvalue weighted by atomic mass is 16.1. The van der Waals surface area contributed by atoms with E-state index < -0.39 is 0 Å². The van der Waals surface area contributed by atoms with Crippen LogP contribution in [0.4, 0.5) is 0 Å². The standard InChI is InChI=1S/C14H19N3O/c1-14(2,3)16-13(18)9-12-15-10-7-5-6-8-11(10)17(12)4/h5-8H,9H2,1-4H3,(H,16,18). The summed E-state index contributed by atoms with van der Waals surface area (Å²) in [7, 11) is 1.94. The zero-order valence-electron chi connectivity index (χ0n) is 11.3. The maximum Gasteiger partial charge on any atom is 0.227 e. The molecule has 96 valence electrons. The average Bonchev–Trinajstić information content (AvgIpc) is 2.54. The van der Waals surface area contributed by atoms with Crippen molar-refractivity contribution < 1.29 is 4.79 Å². The number of rotatable bonds is 2.